The van der Waals surface area contributed by atoms with Gasteiger partial charge >= 0.3 is 0 Å². The van der Waals surface area contributed by atoms with Gasteiger partial charge in [-0.3, -0.25) is 4.98 Å². The Morgan fingerprint density at radius 2 is 1.30 bits per heavy atom. The molecule has 9 rings (SSSR count). The summed E-state index contributed by atoms with van der Waals surface area (Å²) < 4.78 is 4.79. The van der Waals surface area contributed by atoms with Gasteiger partial charge in [-0.15, -0.1) is 11.3 Å². The first-order valence-corrected chi connectivity index (χ1v) is 15.6. The van der Waals surface area contributed by atoms with Crippen molar-refractivity contribution in [2.24, 2.45) is 0 Å². The van der Waals surface area contributed by atoms with Crippen LogP contribution in [0.15, 0.2) is 122 Å². The highest BCUT2D eigenvalue weighted by molar-refractivity contribution is 7.25. The number of aromatic nitrogens is 2. The molecule has 0 atom stereocenters. The van der Waals surface area contributed by atoms with Gasteiger partial charge in [-0.2, -0.15) is 5.26 Å². The minimum Gasteiger partial charge on any atom is -0.310 e. The lowest BCUT2D eigenvalue weighted by Gasteiger charge is -2.42. The number of para-hydroxylation sites is 2. The average Bonchev–Trinajstić information content (AvgIpc) is 3.59. The van der Waals surface area contributed by atoms with Crippen LogP contribution in [0.3, 0.4) is 0 Å². The molecule has 0 unspecified atom stereocenters. The second-order valence-electron chi connectivity index (χ2n) is 12.0. The number of fused-ring (bicyclic) bond motifs is 8. The zero-order valence-electron chi connectivity index (χ0n) is 24.2. The topological polar surface area (TPSA) is 44.9 Å². The predicted molar refractivity (Wildman–Crippen MR) is 183 cm³/mol. The van der Waals surface area contributed by atoms with E-state index in [0.29, 0.717) is 5.56 Å². The van der Waals surface area contributed by atoms with Gasteiger partial charge < -0.3 is 9.47 Å². The maximum Gasteiger partial charge on any atom is 0.0991 e. The summed E-state index contributed by atoms with van der Waals surface area (Å²) in [6.45, 7) is 4.65. The molecule has 0 radical (unpaired) electrons. The Morgan fingerprint density at radius 3 is 2.00 bits per heavy atom. The van der Waals surface area contributed by atoms with Crippen LogP contribution in [0.25, 0.3) is 47.7 Å². The molecule has 0 amide bonds. The molecule has 44 heavy (non-hydrogen) atoms. The molecule has 0 aliphatic carbocycles. The van der Waals surface area contributed by atoms with E-state index in [1.165, 1.54) is 48.4 Å². The SMILES string of the molecule is CC1(C)c2ccccc2N(c2ccc3c(c2)sc2cc(-n4c5ccncc5c5cc(C#N)ccc54)ccc23)c2ccccc21. The van der Waals surface area contributed by atoms with Crippen molar-refractivity contribution in [3.8, 4) is 11.8 Å². The molecule has 0 saturated heterocycles. The third-order valence-corrected chi connectivity index (χ3v) is 10.4. The van der Waals surface area contributed by atoms with Gasteiger partial charge in [0.15, 0.2) is 0 Å². The fourth-order valence-electron chi connectivity index (χ4n) is 7.19. The quantitative estimate of drug-likeness (QED) is 0.204. The highest BCUT2D eigenvalue weighted by atomic mass is 32.1. The summed E-state index contributed by atoms with van der Waals surface area (Å²) >= 11 is 1.84. The first-order valence-electron chi connectivity index (χ1n) is 14.8. The molecule has 0 spiro atoms. The molecule has 0 bridgehead atoms. The zero-order chi connectivity index (χ0) is 29.6. The van der Waals surface area contributed by atoms with Gasteiger partial charge in [0.2, 0.25) is 0 Å². The highest BCUT2D eigenvalue weighted by Crippen LogP contribution is 2.52. The Labute approximate surface area is 258 Å². The number of hydrogen-bond donors (Lipinski definition) is 0. The van der Waals surface area contributed by atoms with Gasteiger partial charge in [0, 0.05) is 60.1 Å². The molecule has 4 heterocycles. The van der Waals surface area contributed by atoms with Crippen LogP contribution in [-0.2, 0) is 5.41 Å². The minimum absolute atomic E-state index is 0.0825. The van der Waals surface area contributed by atoms with E-state index in [-0.39, 0.29) is 5.41 Å². The molecule has 8 aromatic rings. The van der Waals surface area contributed by atoms with E-state index < -0.39 is 0 Å². The monoisotopic (exact) mass is 582 g/mol. The predicted octanol–water partition coefficient (Wildman–Crippen LogP) is 10.5. The lowest BCUT2D eigenvalue weighted by molar-refractivity contribution is 0.632. The Balaban J connectivity index is 1.22. The highest BCUT2D eigenvalue weighted by Gasteiger charge is 2.36. The number of thiophene rings is 1. The van der Waals surface area contributed by atoms with Crippen molar-refractivity contribution < 1.29 is 0 Å². The van der Waals surface area contributed by atoms with Crippen LogP contribution in [0, 0.1) is 11.3 Å². The summed E-state index contributed by atoms with van der Waals surface area (Å²) in [6, 6.07) is 41.5. The maximum atomic E-state index is 9.53. The molecule has 4 nitrogen and oxygen atoms in total. The number of nitriles is 1. The molecule has 5 heteroatoms. The van der Waals surface area contributed by atoms with E-state index in [1.807, 2.05) is 41.9 Å². The van der Waals surface area contributed by atoms with E-state index in [9.17, 15) is 5.26 Å². The number of anilines is 3. The van der Waals surface area contributed by atoms with E-state index >= 15 is 0 Å². The summed E-state index contributed by atoms with van der Waals surface area (Å²) in [6.07, 6.45) is 3.73. The molecule has 3 aromatic heterocycles. The van der Waals surface area contributed by atoms with Crippen LogP contribution < -0.4 is 4.90 Å². The Hall–Kier alpha value is -5.44. The van der Waals surface area contributed by atoms with Crippen molar-refractivity contribution in [1.82, 2.24) is 9.55 Å². The van der Waals surface area contributed by atoms with Gasteiger partial charge in [-0.1, -0.05) is 62.4 Å². The van der Waals surface area contributed by atoms with E-state index in [0.717, 1.165) is 27.5 Å². The lowest BCUT2D eigenvalue weighted by Crippen LogP contribution is -2.30. The van der Waals surface area contributed by atoms with Crippen LogP contribution in [-0.4, -0.2) is 9.55 Å². The third-order valence-electron chi connectivity index (χ3n) is 9.29. The Bertz CT molecular complexity index is 2460. The van der Waals surface area contributed by atoms with Gasteiger partial charge in [0.05, 0.1) is 34.0 Å². The van der Waals surface area contributed by atoms with Crippen LogP contribution in [0.2, 0.25) is 0 Å². The lowest BCUT2D eigenvalue weighted by atomic mass is 9.73. The molecular formula is C39H26N4S. The molecule has 0 N–H and O–H groups in total. The summed E-state index contributed by atoms with van der Waals surface area (Å²) in [5.74, 6) is 0. The molecule has 0 saturated carbocycles. The summed E-state index contributed by atoms with van der Waals surface area (Å²) in [5.41, 5.74) is 10.1. The molecule has 208 valence electrons. The first-order chi connectivity index (χ1) is 21.5. The van der Waals surface area contributed by atoms with Crippen molar-refractivity contribution in [1.29, 1.82) is 5.26 Å². The normalized spacial score (nSPS) is 13.8. The van der Waals surface area contributed by atoms with Crippen LogP contribution in [0.5, 0.6) is 0 Å². The number of benzene rings is 5. The number of hydrogen-bond acceptors (Lipinski definition) is 4. The van der Waals surface area contributed by atoms with Crippen molar-refractivity contribution in [3.05, 3.63) is 138 Å². The molecular weight excluding hydrogens is 557 g/mol. The average molecular weight is 583 g/mol. The van der Waals surface area contributed by atoms with Gasteiger partial charge in [0.1, 0.15) is 0 Å². The number of rotatable bonds is 2. The third kappa shape index (κ3) is 3.40. The van der Waals surface area contributed by atoms with Gasteiger partial charge in [0.25, 0.3) is 0 Å². The van der Waals surface area contributed by atoms with Crippen molar-refractivity contribution in [2.45, 2.75) is 19.3 Å². The molecule has 1 aliphatic rings. The van der Waals surface area contributed by atoms with Crippen LogP contribution in [0.4, 0.5) is 17.1 Å². The second kappa shape index (κ2) is 9.03. The largest absolute Gasteiger partial charge is 0.310 e. The van der Waals surface area contributed by atoms with E-state index in [2.05, 4.69) is 125 Å². The molecule has 0 fully saturated rings. The van der Waals surface area contributed by atoms with E-state index in [1.54, 1.807) is 0 Å². The standard InChI is InChI=1S/C39H26N4S/c1-39(2)31-7-3-5-9-35(31)43(36-10-6-4-8-32(36)39)26-13-15-28-27-14-12-25(20-37(27)44-38(28)21-26)42-33-16-11-24(22-40)19-29(33)30-23-41-18-17-34(30)42/h3-21,23H,1-2H3. The number of nitrogens with zero attached hydrogens (tertiary/aromatic N) is 4. The summed E-state index contributed by atoms with van der Waals surface area (Å²) in [4.78, 5) is 6.81. The van der Waals surface area contributed by atoms with Crippen molar-refractivity contribution in [2.75, 3.05) is 4.90 Å². The molecule has 5 aromatic carbocycles. The Morgan fingerprint density at radius 1 is 0.659 bits per heavy atom. The van der Waals surface area contributed by atoms with Crippen molar-refractivity contribution >= 4 is 70.4 Å². The summed E-state index contributed by atoms with van der Waals surface area (Å²) in [5, 5.41) is 14.1. The van der Waals surface area contributed by atoms with Gasteiger partial charge in [-0.25, -0.2) is 0 Å². The fourth-order valence-corrected chi connectivity index (χ4v) is 8.37. The van der Waals surface area contributed by atoms with E-state index in [4.69, 9.17) is 0 Å². The van der Waals surface area contributed by atoms with Crippen LogP contribution >= 0.6 is 11.3 Å². The Kier molecular flexibility index (Phi) is 5.15. The number of pyridine rings is 1. The van der Waals surface area contributed by atoms with Crippen LogP contribution in [0.1, 0.15) is 30.5 Å². The smallest absolute Gasteiger partial charge is 0.0991 e. The second-order valence-corrected chi connectivity index (χ2v) is 13.1. The zero-order valence-corrected chi connectivity index (χ0v) is 25.1. The minimum atomic E-state index is -0.0825. The van der Waals surface area contributed by atoms with Crippen molar-refractivity contribution in [3.63, 3.8) is 0 Å². The maximum absolute atomic E-state index is 9.53. The first kappa shape index (κ1) is 25.1. The summed E-state index contributed by atoms with van der Waals surface area (Å²) in [7, 11) is 0. The fraction of sp³-hybridized carbons (Fsp3) is 0.0769. The van der Waals surface area contributed by atoms with Gasteiger partial charge in [-0.05, 0) is 71.8 Å². The molecule has 1 aliphatic heterocycles.